The van der Waals surface area contributed by atoms with Crippen molar-refractivity contribution < 1.29 is 0 Å². The lowest BCUT2D eigenvalue weighted by molar-refractivity contribution is 0.0813. The minimum absolute atomic E-state index is 0.626. The van der Waals surface area contributed by atoms with Crippen molar-refractivity contribution in [2.45, 2.75) is 58.9 Å². The van der Waals surface area contributed by atoms with Crippen LogP contribution in [0.2, 0.25) is 0 Å². The van der Waals surface area contributed by atoms with Gasteiger partial charge >= 0.3 is 0 Å². The topological polar surface area (TPSA) is 3.24 Å². The Morgan fingerprint density at radius 2 is 1.79 bits per heavy atom. The van der Waals surface area contributed by atoms with E-state index in [1.165, 1.54) is 32.1 Å². The number of hydrogen-bond acceptors (Lipinski definition) is 1. The van der Waals surface area contributed by atoms with Crippen molar-refractivity contribution in [2.75, 3.05) is 14.1 Å². The number of nitrogens with zero attached hydrogens (tertiary/aromatic N) is 1. The normalized spacial score (nSPS) is 36.0. The van der Waals surface area contributed by atoms with E-state index in [9.17, 15) is 0 Å². The van der Waals surface area contributed by atoms with Crippen LogP contribution in [0.5, 0.6) is 0 Å². The summed E-state index contributed by atoms with van der Waals surface area (Å²) in [6, 6.07) is 0.840. The fraction of sp³-hybridized carbons (Fsp3) is 1.00. The van der Waals surface area contributed by atoms with Crippen LogP contribution >= 0.6 is 0 Å². The molecule has 0 aromatic heterocycles. The van der Waals surface area contributed by atoms with E-state index in [0.717, 1.165) is 12.0 Å². The highest BCUT2D eigenvalue weighted by Crippen LogP contribution is 2.43. The van der Waals surface area contributed by atoms with Crippen LogP contribution in [0.3, 0.4) is 0 Å². The third-order valence-electron chi connectivity index (χ3n) is 4.63. The molecule has 1 nitrogen and oxygen atoms in total. The lowest BCUT2D eigenvalue weighted by Crippen LogP contribution is -2.38. The van der Waals surface area contributed by atoms with Gasteiger partial charge in [-0.1, -0.05) is 27.2 Å². The van der Waals surface area contributed by atoms with Gasteiger partial charge in [0.1, 0.15) is 0 Å². The second kappa shape index (κ2) is 4.65. The van der Waals surface area contributed by atoms with Crippen LogP contribution in [-0.4, -0.2) is 25.0 Å². The Bertz CT molecular complexity index is 166. The zero-order chi connectivity index (χ0) is 10.8. The summed E-state index contributed by atoms with van der Waals surface area (Å²) in [7, 11) is 4.44. The molecule has 0 spiro atoms. The van der Waals surface area contributed by atoms with Crippen molar-refractivity contribution in [2.24, 2.45) is 11.3 Å². The van der Waals surface area contributed by atoms with Gasteiger partial charge in [-0.3, -0.25) is 0 Å². The van der Waals surface area contributed by atoms with E-state index in [4.69, 9.17) is 0 Å². The summed E-state index contributed by atoms with van der Waals surface area (Å²) in [4.78, 5) is 2.40. The molecule has 84 valence electrons. The lowest BCUT2D eigenvalue weighted by Gasteiger charge is -2.43. The van der Waals surface area contributed by atoms with Crippen molar-refractivity contribution in [1.82, 2.24) is 4.90 Å². The first kappa shape index (κ1) is 12.0. The molecule has 0 N–H and O–H groups in total. The lowest BCUT2D eigenvalue weighted by atomic mass is 9.66. The van der Waals surface area contributed by atoms with Crippen LogP contribution in [0.1, 0.15) is 52.9 Å². The van der Waals surface area contributed by atoms with Gasteiger partial charge in [-0.25, -0.2) is 0 Å². The van der Waals surface area contributed by atoms with Crippen LogP contribution in [0, 0.1) is 11.3 Å². The third kappa shape index (κ3) is 2.50. The fourth-order valence-electron chi connectivity index (χ4n) is 2.76. The Kier molecular flexibility index (Phi) is 4.00. The Morgan fingerprint density at radius 1 is 1.29 bits per heavy atom. The van der Waals surface area contributed by atoms with E-state index in [-0.39, 0.29) is 0 Å². The molecule has 1 saturated carbocycles. The molecular formula is C13H27N. The summed E-state index contributed by atoms with van der Waals surface area (Å²) in [5.41, 5.74) is 0.626. The average Bonchev–Trinajstić information content (AvgIpc) is 2.17. The van der Waals surface area contributed by atoms with Crippen LogP contribution in [0.15, 0.2) is 0 Å². The molecule has 1 unspecified atom stereocenters. The van der Waals surface area contributed by atoms with Gasteiger partial charge < -0.3 is 4.90 Å². The third-order valence-corrected chi connectivity index (χ3v) is 4.63. The highest BCUT2D eigenvalue weighted by atomic mass is 15.1. The van der Waals surface area contributed by atoms with Gasteiger partial charge in [0.15, 0.2) is 0 Å². The van der Waals surface area contributed by atoms with Gasteiger partial charge in [-0.15, -0.1) is 0 Å². The molecular weight excluding hydrogens is 170 g/mol. The molecule has 1 atom stereocenters. The summed E-state index contributed by atoms with van der Waals surface area (Å²) < 4.78 is 0. The Balaban J connectivity index is 2.48. The van der Waals surface area contributed by atoms with Crippen LogP contribution in [0.25, 0.3) is 0 Å². The second-order valence-corrected chi connectivity index (χ2v) is 5.66. The van der Waals surface area contributed by atoms with Crippen molar-refractivity contribution in [1.29, 1.82) is 0 Å². The fourth-order valence-corrected chi connectivity index (χ4v) is 2.76. The highest BCUT2D eigenvalue weighted by Gasteiger charge is 2.35. The maximum Gasteiger partial charge on any atom is 0.00895 e. The zero-order valence-electron chi connectivity index (χ0n) is 10.6. The first-order valence-electron chi connectivity index (χ1n) is 6.16. The Morgan fingerprint density at radius 3 is 2.14 bits per heavy atom. The predicted molar refractivity (Wildman–Crippen MR) is 63.5 cm³/mol. The molecule has 1 rings (SSSR count). The summed E-state index contributed by atoms with van der Waals surface area (Å²) in [5.74, 6) is 0.894. The molecule has 0 bridgehead atoms. The maximum absolute atomic E-state index is 2.49. The standard InChI is InChI=1S/C13H27N/c1-6-11(2)13(3)9-7-12(8-10-13)14(4)5/h11-12H,6-10H2,1-5H3. The Hall–Kier alpha value is -0.0400. The van der Waals surface area contributed by atoms with E-state index >= 15 is 0 Å². The van der Waals surface area contributed by atoms with Gasteiger partial charge in [0.05, 0.1) is 0 Å². The van der Waals surface area contributed by atoms with Gasteiger partial charge in [-0.2, -0.15) is 0 Å². The van der Waals surface area contributed by atoms with E-state index in [2.05, 4.69) is 39.8 Å². The molecule has 0 aromatic carbocycles. The monoisotopic (exact) mass is 197 g/mol. The highest BCUT2D eigenvalue weighted by molar-refractivity contribution is 4.87. The molecule has 1 heteroatoms. The van der Waals surface area contributed by atoms with Crippen LogP contribution < -0.4 is 0 Å². The van der Waals surface area contributed by atoms with E-state index in [1.807, 2.05) is 0 Å². The van der Waals surface area contributed by atoms with Gasteiger partial charge in [0.25, 0.3) is 0 Å². The SMILES string of the molecule is CCC(C)C1(C)CCC(N(C)C)CC1. The first-order valence-corrected chi connectivity index (χ1v) is 6.16. The molecule has 0 amide bonds. The maximum atomic E-state index is 2.49. The van der Waals surface area contributed by atoms with Crippen LogP contribution in [-0.2, 0) is 0 Å². The van der Waals surface area contributed by atoms with Crippen LogP contribution in [0.4, 0.5) is 0 Å². The number of hydrogen-bond donors (Lipinski definition) is 0. The minimum Gasteiger partial charge on any atom is -0.306 e. The molecule has 0 aliphatic heterocycles. The zero-order valence-corrected chi connectivity index (χ0v) is 10.6. The summed E-state index contributed by atoms with van der Waals surface area (Å²) in [6.45, 7) is 7.25. The Labute approximate surface area is 89.9 Å². The van der Waals surface area contributed by atoms with Crippen molar-refractivity contribution >= 4 is 0 Å². The largest absolute Gasteiger partial charge is 0.306 e. The average molecular weight is 197 g/mol. The predicted octanol–water partition coefficient (Wildman–Crippen LogP) is 3.54. The smallest absolute Gasteiger partial charge is 0.00895 e. The molecule has 1 fully saturated rings. The molecule has 1 aliphatic rings. The summed E-state index contributed by atoms with van der Waals surface area (Å²) >= 11 is 0. The van der Waals surface area contributed by atoms with Crippen molar-refractivity contribution in [3.8, 4) is 0 Å². The molecule has 1 aliphatic carbocycles. The van der Waals surface area contributed by atoms with Crippen molar-refractivity contribution in [3.63, 3.8) is 0 Å². The van der Waals surface area contributed by atoms with E-state index < -0.39 is 0 Å². The second-order valence-electron chi connectivity index (χ2n) is 5.66. The molecule has 0 radical (unpaired) electrons. The van der Waals surface area contributed by atoms with Gasteiger partial charge in [0, 0.05) is 6.04 Å². The van der Waals surface area contributed by atoms with Gasteiger partial charge in [0.2, 0.25) is 0 Å². The minimum atomic E-state index is 0.626. The molecule has 0 saturated heterocycles. The quantitative estimate of drug-likeness (QED) is 0.669. The van der Waals surface area contributed by atoms with E-state index in [1.54, 1.807) is 0 Å². The number of rotatable bonds is 3. The molecule has 14 heavy (non-hydrogen) atoms. The summed E-state index contributed by atoms with van der Waals surface area (Å²) in [6.07, 6.45) is 6.97. The first-order chi connectivity index (χ1) is 6.49. The van der Waals surface area contributed by atoms with E-state index in [0.29, 0.717) is 5.41 Å². The van der Waals surface area contributed by atoms with Gasteiger partial charge in [-0.05, 0) is 51.1 Å². The summed E-state index contributed by atoms with van der Waals surface area (Å²) in [5, 5.41) is 0. The molecule has 0 heterocycles. The molecule has 0 aromatic rings. The van der Waals surface area contributed by atoms with Crippen molar-refractivity contribution in [3.05, 3.63) is 0 Å².